The van der Waals surface area contributed by atoms with Gasteiger partial charge < -0.3 is 9.64 Å². The zero-order valence-electron chi connectivity index (χ0n) is 13.1. The molecule has 0 aliphatic carbocycles. The number of carbonyl (C=O) groups is 2. The minimum Gasteiger partial charge on any atom is -0.469 e. The Labute approximate surface area is 132 Å². The predicted molar refractivity (Wildman–Crippen MR) is 80.5 cm³/mol. The fourth-order valence-corrected chi connectivity index (χ4v) is 3.03. The first kappa shape index (κ1) is 15.5. The van der Waals surface area contributed by atoms with Crippen LogP contribution >= 0.6 is 0 Å². The van der Waals surface area contributed by atoms with Gasteiger partial charge in [-0.2, -0.15) is 0 Å². The van der Waals surface area contributed by atoms with E-state index in [9.17, 15) is 14.0 Å². The molecular formula is C16H18FN3O3. The quantitative estimate of drug-likeness (QED) is 0.792. The van der Waals surface area contributed by atoms with E-state index in [4.69, 9.17) is 4.74 Å². The highest BCUT2D eigenvalue weighted by molar-refractivity contribution is 5.94. The molecule has 0 radical (unpaired) electrons. The van der Waals surface area contributed by atoms with E-state index in [2.05, 4.69) is 4.98 Å². The molecule has 1 fully saturated rings. The minimum atomic E-state index is -0.423. The topological polar surface area (TPSA) is 63.9 Å². The molecule has 3 heterocycles. The lowest BCUT2D eigenvalue weighted by Gasteiger charge is -2.30. The summed E-state index contributed by atoms with van der Waals surface area (Å²) in [7, 11) is 1.37. The molecule has 1 amide bonds. The lowest BCUT2D eigenvalue weighted by molar-refractivity contribution is -0.146. The summed E-state index contributed by atoms with van der Waals surface area (Å²) >= 11 is 0. The number of likely N-dealkylation sites (tertiary alicyclic amines) is 1. The SMILES string of the molecule is COC(=O)C1CCN(C(=O)c2c(C)nc3ccc(F)cn23)CC1. The molecule has 6 nitrogen and oxygen atoms in total. The summed E-state index contributed by atoms with van der Waals surface area (Å²) in [5.74, 6) is -1.01. The highest BCUT2D eigenvalue weighted by Gasteiger charge is 2.30. The van der Waals surface area contributed by atoms with E-state index in [1.54, 1.807) is 17.9 Å². The Morgan fingerprint density at radius 1 is 1.30 bits per heavy atom. The number of hydrogen-bond acceptors (Lipinski definition) is 4. The number of pyridine rings is 1. The molecule has 1 saturated heterocycles. The van der Waals surface area contributed by atoms with E-state index in [1.165, 1.54) is 23.8 Å². The van der Waals surface area contributed by atoms with Gasteiger partial charge in [0, 0.05) is 19.3 Å². The molecule has 0 spiro atoms. The Hall–Kier alpha value is -2.44. The minimum absolute atomic E-state index is 0.162. The zero-order chi connectivity index (χ0) is 16.6. The van der Waals surface area contributed by atoms with Crippen molar-refractivity contribution in [2.45, 2.75) is 19.8 Å². The third-order valence-corrected chi connectivity index (χ3v) is 4.28. The van der Waals surface area contributed by atoms with E-state index in [1.807, 2.05) is 0 Å². The van der Waals surface area contributed by atoms with Crippen LogP contribution in [0.5, 0.6) is 0 Å². The number of hydrogen-bond donors (Lipinski definition) is 0. The number of esters is 1. The molecule has 1 aliphatic heterocycles. The number of methoxy groups -OCH3 is 1. The van der Waals surface area contributed by atoms with Crippen molar-refractivity contribution in [1.82, 2.24) is 14.3 Å². The monoisotopic (exact) mass is 319 g/mol. The Kier molecular flexibility index (Phi) is 4.02. The van der Waals surface area contributed by atoms with Crippen molar-refractivity contribution < 1.29 is 18.7 Å². The number of amides is 1. The van der Waals surface area contributed by atoms with Gasteiger partial charge in [0.1, 0.15) is 17.2 Å². The molecule has 23 heavy (non-hydrogen) atoms. The number of aryl methyl sites for hydroxylation is 1. The van der Waals surface area contributed by atoms with Gasteiger partial charge in [0.15, 0.2) is 0 Å². The Bertz CT molecular complexity index is 763. The summed E-state index contributed by atoms with van der Waals surface area (Å²) in [5, 5.41) is 0. The van der Waals surface area contributed by atoms with Gasteiger partial charge in [0.25, 0.3) is 5.91 Å². The molecule has 2 aromatic heterocycles. The first-order valence-electron chi connectivity index (χ1n) is 7.52. The van der Waals surface area contributed by atoms with Crippen LogP contribution < -0.4 is 0 Å². The number of piperidine rings is 1. The van der Waals surface area contributed by atoms with E-state index in [0.717, 1.165) is 0 Å². The number of carbonyl (C=O) groups excluding carboxylic acids is 2. The summed E-state index contributed by atoms with van der Waals surface area (Å²) in [5.41, 5.74) is 1.48. The molecular weight excluding hydrogens is 301 g/mol. The third kappa shape index (κ3) is 2.78. The number of halogens is 1. The van der Waals surface area contributed by atoms with E-state index < -0.39 is 5.82 Å². The van der Waals surface area contributed by atoms with Gasteiger partial charge in [-0.3, -0.25) is 14.0 Å². The average molecular weight is 319 g/mol. The Morgan fingerprint density at radius 3 is 2.65 bits per heavy atom. The van der Waals surface area contributed by atoms with Crippen LogP contribution in [0.3, 0.4) is 0 Å². The number of rotatable bonds is 2. The van der Waals surface area contributed by atoms with Crippen molar-refractivity contribution in [3.63, 3.8) is 0 Å². The third-order valence-electron chi connectivity index (χ3n) is 4.28. The summed E-state index contributed by atoms with van der Waals surface area (Å²) in [6, 6.07) is 2.86. The van der Waals surface area contributed by atoms with Crippen LogP contribution in [0.15, 0.2) is 18.3 Å². The second kappa shape index (κ2) is 5.98. The van der Waals surface area contributed by atoms with Gasteiger partial charge in [0.05, 0.1) is 18.7 Å². The fraction of sp³-hybridized carbons (Fsp3) is 0.438. The maximum atomic E-state index is 13.5. The zero-order valence-corrected chi connectivity index (χ0v) is 13.1. The van der Waals surface area contributed by atoms with Crippen molar-refractivity contribution >= 4 is 17.5 Å². The molecule has 122 valence electrons. The lowest BCUT2D eigenvalue weighted by atomic mass is 9.97. The van der Waals surface area contributed by atoms with Gasteiger partial charge in [-0.1, -0.05) is 0 Å². The molecule has 0 unspecified atom stereocenters. The van der Waals surface area contributed by atoms with Crippen LogP contribution in [0, 0.1) is 18.7 Å². The first-order chi connectivity index (χ1) is 11.0. The van der Waals surface area contributed by atoms with Crippen molar-refractivity contribution in [3.8, 4) is 0 Å². The molecule has 0 atom stereocenters. The second-order valence-corrected chi connectivity index (χ2v) is 5.71. The van der Waals surface area contributed by atoms with Gasteiger partial charge in [0.2, 0.25) is 0 Å². The summed E-state index contributed by atoms with van der Waals surface area (Å²) in [6.45, 7) is 2.68. The van der Waals surface area contributed by atoms with Crippen LogP contribution in [0.4, 0.5) is 4.39 Å². The van der Waals surface area contributed by atoms with E-state index in [-0.39, 0.29) is 17.8 Å². The molecule has 0 aromatic carbocycles. The number of ether oxygens (including phenoxy) is 1. The van der Waals surface area contributed by atoms with Crippen LogP contribution in [0.1, 0.15) is 29.0 Å². The molecule has 0 N–H and O–H groups in total. The molecule has 3 rings (SSSR count). The number of aromatic nitrogens is 2. The fourth-order valence-electron chi connectivity index (χ4n) is 3.03. The normalized spacial score (nSPS) is 15.9. The Morgan fingerprint density at radius 2 is 2.00 bits per heavy atom. The standard InChI is InChI=1S/C16H18FN3O3/c1-10-14(20-9-12(17)3-4-13(20)18-10)15(21)19-7-5-11(6-8-19)16(22)23-2/h3-4,9,11H,5-8H2,1-2H3. The van der Waals surface area contributed by atoms with Crippen molar-refractivity contribution in [1.29, 1.82) is 0 Å². The number of nitrogens with zero attached hydrogens (tertiary/aromatic N) is 3. The van der Waals surface area contributed by atoms with Gasteiger partial charge >= 0.3 is 5.97 Å². The first-order valence-corrected chi connectivity index (χ1v) is 7.52. The van der Waals surface area contributed by atoms with Crippen LogP contribution in [-0.4, -0.2) is 46.4 Å². The van der Waals surface area contributed by atoms with Gasteiger partial charge in [-0.15, -0.1) is 0 Å². The van der Waals surface area contributed by atoms with Crippen LogP contribution in [0.2, 0.25) is 0 Å². The predicted octanol–water partition coefficient (Wildman–Crippen LogP) is 1.81. The average Bonchev–Trinajstić information content (AvgIpc) is 2.88. The van der Waals surface area contributed by atoms with Gasteiger partial charge in [-0.05, 0) is 31.9 Å². The summed E-state index contributed by atoms with van der Waals surface area (Å²) in [4.78, 5) is 30.3. The summed E-state index contributed by atoms with van der Waals surface area (Å²) in [6.07, 6.45) is 2.41. The smallest absolute Gasteiger partial charge is 0.308 e. The molecule has 0 saturated carbocycles. The maximum absolute atomic E-state index is 13.5. The van der Waals surface area contributed by atoms with E-state index in [0.29, 0.717) is 43.0 Å². The lowest BCUT2D eigenvalue weighted by Crippen LogP contribution is -2.41. The molecule has 1 aliphatic rings. The van der Waals surface area contributed by atoms with Crippen molar-refractivity contribution in [2.75, 3.05) is 20.2 Å². The second-order valence-electron chi connectivity index (χ2n) is 5.71. The molecule has 0 bridgehead atoms. The van der Waals surface area contributed by atoms with Crippen LogP contribution in [-0.2, 0) is 9.53 Å². The molecule has 2 aromatic rings. The van der Waals surface area contributed by atoms with E-state index >= 15 is 0 Å². The van der Waals surface area contributed by atoms with Crippen molar-refractivity contribution in [3.05, 3.63) is 35.5 Å². The summed E-state index contributed by atoms with van der Waals surface area (Å²) < 4.78 is 19.7. The van der Waals surface area contributed by atoms with Gasteiger partial charge in [-0.25, -0.2) is 9.37 Å². The largest absolute Gasteiger partial charge is 0.469 e. The van der Waals surface area contributed by atoms with Crippen molar-refractivity contribution in [2.24, 2.45) is 5.92 Å². The maximum Gasteiger partial charge on any atom is 0.308 e. The van der Waals surface area contributed by atoms with Crippen LogP contribution in [0.25, 0.3) is 5.65 Å². The number of fused-ring (bicyclic) bond motifs is 1. The number of imidazole rings is 1. The highest BCUT2D eigenvalue weighted by Crippen LogP contribution is 2.22. The highest BCUT2D eigenvalue weighted by atomic mass is 19.1. The Balaban J connectivity index is 1.83. The molecule has 7 heteroatoms.